The van der Waals surface area contributed by atoms with Crippen LogP contribution in [0.3, 0.4) is 0 Å². The number of primary amides is 1. The van der Waals surface area contributed by atoms with Crippen LogP contribution < -0.4 is 15.5 Å². The van der Waals surface area contributed by atoms with E-state index in [1.807, 2.05) is 0 Å². The monoisotopic (exact) mass is 478 g/mol. The fourth-order valence-corrected chi connectivity index (χ4v) is 4.47. The van der Waals surface area contributed by atoms with Gasteiger partial charge >= 0.3 is 6.18 Å². The van der Waals surface area contributed by atoms with Crippen LogP contribution in [0.15, 0.2) is 36.4 Å². The zero-order valence-corrected chi connectivity index (χ0v) is 17.5. The predicted molar refractivity (Wildman–Crippen MR) is 112 cm³/mol. The van der Waals surface area contributed by atoms with E-state index in [-0.39, 0.29) is 41.7 Å². The molecule has 2 aliphatic rings. The number of thiocarbonyl (C=S) groups is 1. The first-order valence-corrected chi connectivity index (χ1v) is 9.89. The molecule has 0 saturated carbocycles. The van der Waals surface area contributed by atoms with E-state index >= 15 is 0 Å². The third-order valence-corrected chi connectivity index (χ3v) is 5.94. The highest BCUT2D eigenvalue weighted by atomic mass is 32.1. The first-order chi connectivity index (χ1) is 15.5. The average Bonchev–Trinajstić information content (AvgIpc) is 3.31. The molecule has 2 aromatic carbocycles. The van der Waals surface area contributed by atoms with Crippen molar-refractivity contribution < 1.29 is 31.9 Å². The van der Waals surface area contributed by atoms with Crippen molar-refractivity contribution in [1.29, 1.82) is 5.26 Å². The number of ether oxygens (including phenoxy) is 1. The topological polar surface area (TPSA) is 99.7 Å². The Kier molecular flexibility index (Phi) is 5.34. The predicted octanol–water partition coefficient (Wildman–Crippen LogP) is 3.11. The summed E-state index contributed by atoms with van der Waals surface area (Å²) in [6, 6.07) is 7.74. The van der Waals surface area contributed by atoms with Gasteiger partial charge in [0.1, 0.15) is 5.82 Å². The number of alkyl halides is 3. The number of anilines is 2. The molecule has 2 heterocycles. The number of carbonyl (C=O) groups excluding carboxylic acids is 2. The maximum Gasteiger partial charge on any atom is 0.417 e. The number of hydrogen-bond donors (Lipinski definition) is 1. The lowest BCUT2D eigenvalue weighted by atomic mass is 9.95. The lowest BCUT2D eigenvalue weighted by molar-refractivity contribution is -0.137. The van der Waals surface area contributed by atoms with Gasteiger partial charge in [-0.05, 0) is 48.6 Å². The Morgan fingerprint density at radius 3 is 2.45 bits per heavy atom. The van der Waals surface area contributed by atoms with E-state index in [0.29, 0.717) is 6.07 Å². The summed E-state index contributed by atoms with van der Waals surface area (Å²) in [4.78, 5) is 27.1. The van der Waals surface area contributed by atoms with Crippen LogP contribution in [-0.2, 0) is 15.7 Å². The van der Waals surface area contributed by atoms with Crippen molar-refractivity contribution in [2.45, 2.75) is 18.1 Å². The minimum Gasteiger partial charge on any atom is -0.378 e. The van der Waals surface area contributed by atoms with Crippen LogP contribution >= 0.6 is 12.2 Å². The zero-order chi connectivity index (χ0) is 24.1. The first kappa shape index (κ1) is 22.6. The fourth-order valence-electron chi connectivity index (χ4n) is 4.00. The van der Waals surface area contributed by atoms with Gasteiger partial charge in [-0.15, -0.1) is 0 Å². The molecule has 1 unspecified atom stereocenters. The molecule has 2 saturated heterocycles. The lowest BCUT2D eigenvalue weighted by Gasteiger charge is -2.31. The molecule has 0 aliphatic carbocycles. The van der Waals surface area contributed by atoms with Gasteiger partial charge in [0.2, 0.25) is 0 Å². The zero-order valence-electron chi connectivity index (χ0n) is 16.6. The van der Waals surface area contributed by atoms with Gasteiger partial charge in [-0.25, -0.2) is 4.39 Å². The van der Waals surface area contributed by atoms with Crippen molar-refractivity contribution in [3.05, 3.63) is 58.9 Å². The highest BCUT2D eigenvalue weighted by molar-refractivity contribution is 7.81. The molecular weight excluding hydrogens is 464 g/mol. The molecule has 33 heavy (non-hydrogen) atoms. The van der Waals surface area contributed by atoms with Gasteiger partial charge in [0.15, 0.2) is 10.7 Å². The van der Waals surface area contributed by atoms with Gasteiger partial charge in [-0.3, -0.25) is 14.5 Å². The molecule has 2 aromatic rings. The Labute approximate surface area is 189 Å². The second-order valence-electron chi connectivity index (χ2n) is 7.46. The maximum atomic E-state index is 14.5. The van der Waals surface area contributed by atoms with Crippen LogP contribution in [0.25, 0.3) is 0 Å². The average molecular weight is 478 g/mol. The quantitative estimate of drug-likeness (QED) is 0.538. The molecular formula is C21H14F4N4O3S. The van der Waals surface area contributed by atoms with Crippen LogP contribution in [0.1, 0.15) is 27.9 Å². The van der Waals surface area contributed by atoms with E-state index in [1.165, 1.54) is 23.1 Å². The highest BCUT2D eigenvalue weighted by Gasteiger charge is 2.58. The molecule has 2 aliphatic heterocycles. The smallest absolute Gasteiger partial charge is 0.378 e. The van der Waals surface area contributed by atoms with Crippen molar-refractivity contribution in [2.75, 3.05) is 23.0 Å². The molecule has 1 atom stereocenters. The molecule has 0 bridgehead atoms. The van der Waals surface area contributed by atoms with E-state index in [0.717, 1.165) is 23.1 Å². The van der Waals surface area contributed by atoms with Crippen LogP contribution in [0.5, 0.6) is 0 Å². The molecule has 2 N–H and O–H groups in total. The Balaban J connectivity index is 1.85. The molecule has 0 aromatic heterocycles. The van der Waals surface area contributed by atoms with E-state index in [4.69, 9.17) is 28.0 Å². The molecule has 4 rings (SSSR count). The van der Waals surface area contributed by atoms with Crippen LogP contribution in [0.2, 0.25) is 0 Å². The van der Waals surface area contributed by atoms with Gasteiger partial charge in [-0.2, -0.15) is 18.4 Å². The van der Waals surface area contributed by atoms with E-state index in [2.05, 4.69) is 0 Å². The van der Waals surface area contributed by atoms with Crippen LogP contribution in [0.4, 0.5) is 28.9 Å². The number of nitrogens with two attached hydrogens (primary N) is 1. The van der Waals surface area contributed by atoms with E-state index in [9.17, 15) is 27.2 Å². The van der Waals surface area contributed by atoms with Gasteiger partial charge < -0.3 is 15.4 Å². The number of benzene rings is 2. The van der Waals surface area contributed by atoms with Crippen molar-refractivity contribution in [1.82, 2.24) is 0 Å². The molecule has 2 amide bonds. The number of rotatable bonds is 3. The molecule has 1 spiro atoms. The molecule has 7 nitrogen and oxygen atoms in total. The summed E-state index contributed by atoms with van der Waals surface area (Å²) in [5, 5.41) is 8.84. The molecule has 2 fully saturated rings. The SMILES string of the molecule is N#Cc1ccc(N2C(=O)C3(CCOC3)N(c3ccc(C(N)=O)c(F)c3)C2=S)cc1C(F)(F)F. The number of hydrogen-bond acceptors (Lipinski definition) is 5. The van der Waals surface area contributed by atoms with Crippen molar-refractivity contribution in [2.24, 2.45) is 5.73 Å². The lowest BCUT2D eigenvalue weighted by Crippen LogP contribution is -2.50. The summed E-state index contributed by atoms with van der Waals surface area (Å²) < 4.78 is 60.3. The van der Waals surface area contributed by atoms with Gasteiger partial charge in [0, 0.05) is 18.7 Å². The molecule has 12 heteroatoms. The highest BCUT2D eigenvalue weighted by Crippen LogP contribution is 2.43. The van der Waals surface area contributed by atoms with E-state index in [1.54, 1.807) is 0 Å². The minimum atomic E-state index is -4.84. The second kappa shape index (κ2) is 7.79. The van der Waals surface area contributed by atoms with Crippen molar-refractivity contribution in [3.8, 4) is 6.07 Å². The van der Waals surface area contributed by atoms with Crippen molar-refractivity contribution in [3.63, 3.8) is 0 Å². The largest absolute Gasteiger partial charge is 0.417 e. The first-order valence-electron chi connectivity index (χ1n) is 9.48. The number of nitriles is 1. The summed E-state index contributed by atoms with van der Waals surface area (Å²) >= 11 is 5.45. The Morgan fingerprint density at radius 1 is 1.21 bits per heavy atom. The Hall–Kier alpha value is -3.56. The Morgan fingerprint density at radius 2 is 1.91 bits per heavy atom. The third kappa shape index (κ3) is 3.49. The minimum absolute atomic E-state index is 0.105. The Bertz CT molecular complexity index is 1230. The number of carbonyl (C=O) groups is 2. The fraction of sp³-hybridized carbons (Fsp3) is 0.238. The summed E-state index contributed by atoms with van der Waals surface area (Å²) in [5.41, 5.74) is 1.44. The maximum absolute atomic E-state index is 14.5. The third-order valence-electron chi connectivity index (χ3n) is 5.58. The molecule has 0 radical (unpaired) electrons. The summed E-state index contributed by atoms with van der Waals surface area (Å²) in [6.07, 6.45) is -4.70. The van der Waals surface area contributed by atoms with Crippen LogP contribution in [-0.4, -0.2) is 35.7 Å². The van der Waals surface area contributed by atoms with Gasteiger partial charge in [0.25, 0.3) is 11.8 Å². The molecule has 170 valence electrons. The summed E-state index contributed by atoms with van der Waals surface area (Å²) in [5.74, 6) is -2.58. The normalized spacial score (nSPS) is 20.6. The number of amides is 2. The van der Waals surface area contributed by atoms with Crippen LogP contribution in [0, 0.1) is 17.1 Å². The standard InChI is InChI=1S/C21H14F4N4O3S/c22-16-8-13(3-4-14(16)17(27)30)29-19(33)28(18(31)20(29)5-6-32-10-20)12-2-1-11(9-26)15(7-12)21(23,24)25/h1-4,7-8H,5-6,10H2,(H2,27,30). The van der Waals surface area contributed by atoms with Gasteiger partial charge in [0.05, 0.1) is 35.1 Å². The van der Waals surface area contributed by atoms with Gasteiger partial charge in [-0.1, -0.05) is 0 Å². The number of nitrogens with zero attached hydrogens (tertiary/aromatic N) is 3. The summed E-state index contributed by atoms with van der Waals surface area (Å²) in [7, 11) is 0. The second-order valence-corrected chi connectivity index (χ2v) is 7.83. The van der Waals surface area contributed by atoms with Crippen molar-refractivity contribution >= 4 is 40.5 Å². The number of halogens is 4. The summed E-state index contributed by atoms with van der Waals surface area (Å²) in [6.45, 7) is 0.0335. The van der Waals surface area contributed by atoms with E-state index < -0.39 is 40.5 Å².